The maximum absolute atomic E-state index is 12.2. The Morgan fingerprint density at radius 2 is 1.77 bits per heavy atom. The highest BCUT2D eigenvalue weighted by Gasteiger charge is 2.34. The molecule has 0 spiro atoms. The van der Waals surface area contributed by atoms with Gasteiger partial charge in [-0.2, -0.15) is 0 Å². The number of carbonyl (C=O) groups excluding carboxylic acids is 2. The van der Waals surface area contributed by atoms with E-state index in [-0.39, 0.29) is 35.8 Å². The zero-order valence-corrected chi connectivity index (χ0v) is 14.2. The SMILES string of the molecule is O=C1c2ccccc2C(=O)N1CCOC(=S)Nc1cccc([N+](=O)[O-])c1. The number of hydrogen-bond acceptors (Lipinski definition) is 6. The average Bonchev–Trinajstić information content (AvgIpc) is 2.87. The minimum absolute atomic E-state index is 0.00618. The first kappa shape index (κ1) is 17.5. The predicted molar refractivity (Wildman–Crippen MR) is 97.1 cm³/mol. The second-order valence-corrected chi connectivity index (χ2v) is 5.75. The third-order valence-corrected chi connectivity index (χ3v) is 3.95. The normalized spacial score (nSPS) is 12.7. The number of nitrogens with one attached hydrogen (secondary N) is 1. The van der Waals surface area contributed by atoms with Crippen molar-refractivity contribution in [1.82, 2.24) is 4.90 Å². The third kappa shape index (κ3) is 3.52. The van der Waals surface area contributed by atoms with Crippen LogP contribution in [0.3, 0.4) is 0 Å². The van der Waals surface area contributed by atoms with Crippen LogP contribution < -0.4 is 5.32 Å². The lowest BCUT2D eigenvalue weighted by Crippen LogP contribution is -2.33. The number of nitro benzene ring substituents is 1. The van der Waals surface area contributed by atoms with Crippen molar-refractivity contribution >= 4 is 40.6 Å². The average molecular weight is 371 g/mol. The molecule has 132 valence electrons. The molecule has 0 aromatic heterocycles. The quantitative estimate of drug-likeness (QED) is 0.373. The summed E-state index contributed by atoms with van der Waals surface area (Å²) in [5.74, 6) is -0.737. The van der Waals surface area contributed by atoms with Crippen LogP contribution in [0.4, 0.5) is 11.4 Å². The standard InChI is InChI=1S/C17H13N3O5S/c21-15-13-6-1-2-7-14(13)16(22)19(15)8-9-25-17(26)18-11-4-3-5-12(10-11)20(23)24/h1-7,10H,8-9H2,(H,18,26). The fourth-order valence-electron chi connectivity index (χ4n) is 2.52. The lowest BCUT2D eigenvalue weighted by molar-refractivity contribution is -0.384. The number of anilines is 1. The molecule has 2 aromatic carbocycles. The zero-order valence-electron chi connectivity index (χ0n) is 13.4. The van der Waals surface area contributed by atoms with E-state index in [1.165, 1.54) is 18.2 Å². The Morgan fingerprint density at radius 3 is 2.38 bits per heavy atom. The Kier molecular flexibility index (Phi) is 4.90. The van der Waals surface area contributed by atoms with Crippen LogP contribution in [0.2, 0.25) is 0 Å². The first-order valence-electron chi connectivity index (χ1n) is 7.61. The Bertz CT molecular complexity index is 880. The Hall–Kier alpha value is -3.33. The van der Waals surface area contributed by atoms with Crippen LogP contribution in [-0.2, 0) is 4.74 Å². The number of hydrogen-bond donors (Lipinski definition) is 1. The summed E-state index contributed by atoms with van der Waals surface area (Å²) in [5.41, 5.74) is 1.07. The van der Waals surface area contributed by atoms with Crippen LogP contribution in [-0.4, -0.2) is 40.0 Å². The molecule has 1 aliphatic rings. The lowest BCUT2D eigenvalue weighted by atomic mass is 10.1. The first-order valence-corrected chi connectivity index (χ1v) is 8.01. The molecule has 8 nitrogen and oxygen atoms in total. The largest absolute Gasteiger partial charge is 0.469 e. The molecule has 1 heterocycles. The van der Waals surface area contributed by atoms with Gasteiger partial charge in [0, 0.05) is 17.8 Å². The van der Waals surface area contributed by atoms with E-state index in [1.807, 2.05) is 0 Å². The summed E-state index contributed by atoms with van der Waals surface area (Å²) in [6.07, 6.45) is 0. The van der Waals surface area contributed by atoms with Crippen molar-refractivity contribution in [2.75, 3.05) is 18.5 Å². The van der Waals surface area contributed by atoms with Gasteiger partial charge >= 0.3 is 0 Å². The number of benzene rings is 2. The van der Waals surface area contributed by atoms with E-state index in [4.69, 9.17) is 17.0 Å². The number of carbonyl (C=O) groups is 2. The van der Waals surface area contributed by atoms with Gasteiger partial charge in [-0.3, -0.25) is 24.6 Å². The number of non-ortho nitro benzene ring substituents is 1. The van der Waals surface area contributed by atoms with E-state index < -0.39 is 4.92 Å². The summed E-state index contributed by atoms with van der Waals surface area (Å²) in [5, 5.41) is 13.5. The monoisotopic (exact) mass is 371 g/mol. The van der Waals surface area contributed by atoms with Gasteiger partial charge in [-0.25, -0.2) is 0 Å². The molecule has 3 rings (SSSR count). The first-order chi connectivity index (χ1) is 12.5. The van der Waals surface area contributed by atoms with Crippen molar-refractivity contribution in [3.63, 3.8) is 0 Å². The highest BCUT2D eigenvalue weighted by molar-refractivity contribution is 7.80. The van der Waals surface area contributed by atoms with E-state index in [0.717, 1.165) is 4.90 Å². The Balaban J connectivity index is 1.53. The Labute approximate surface area is 153 Å². The highest BCUT2D eigenvalue weighted by Crippen LogP contribution is 2.22. The molecular weight excluding hydrogens is 358 g/mol. The van der Waals surface area contributed by atoms with E-state index in [1.54, 1.807) is 30.3 Å². The van der Waals surface area contributed by atoms with Crippen molar-refractivity contribution in [3.8, 4) is 0 Å². The topological polar surface area (TPSA) is 102 Å². The molecule has 0 bridgehead atoms. The molecule has 26 heavy (non-hydrogen) atoms. The summed E-state index contributed by atoms with van der Waals surface area (Å²) in [4.78, 5) is 35.8. The van der Waals surface area contributed by atoms with Gasteiger partial charge in [-0.15, -0.1) is 0 Å². The molecule has 0 radical (unpaired) electrons. The highest BCUT2D eigenvalue weighted by atomic mass is 32.1. The minimum Gasteiger partial charge on any atom is -0.469 e. The molecule has 2 amide bonds. The second-order valence-electron chi connectivity index (χ2n) is 5.38. The fraction of sp³-hybridized carbons (Fsp3) is 0.118. The number of nitrogens with zero attached hydrogens (tertiary/aromatic N) is 2. The van der Waals surface area contributed by atoms with Crippen molar-refractivity contribution in [3.05, 3.63) is 69.8 Å². The molecule has 0 aliphatic carbocycles. The van der Waals surface area contributed by atoms with E-state index in [9.17, 15) is 19.7 Å². The molecule has 0 saturated heterocycles. The van der Waals surface area contributed by atoms with Gasteiger partial charge in [0.1, 0.15) is 6.61 Å². The van der Waals surface area contributed by atoms with Crippen LogP contribution in [0.15, 0.2) is 48.5 Å². The van der Waals surface area contributed by atoms with Crippen LogP contribution in [0.25, 0.3) is 0 Å². The Morgan fingerprint density at radius 1 is 1.12 bits per heavy atom. The predicted octanol–water partition coefficient (Wildman–Crippen LogP) is 2.60. The molecule has 0 saturated carbocycles. The summed E-state index contributed by atoms with van der Waals surface area (Å²) >= 11 is 5.02. The molecule has 0 atom stereocenters. The van der Waals surface area contributed by atoms with Crippen LogP contribution >= 0.6 is 12.2 Å². The number of ether oxygens (including phenoxy) is 1. The zero-order chi connectivity index (χ0) is 18.7. The van der Waals surface area contributed by atoms with Gasteiger partial charge in [0.05, 0.1) is 22.6 Å². The van der Waals surface area contributed by atoms with Crippen LogP contribution in [0.5, 0.6) is 0 Å². The summed E-state index contributed by atoms with van der Waals surface area (Å²) in [6, 6.07) is 12.4. The fourth-order valence-corrected chi connectivity index (χ4v) is 2.72. The third-order valence-electron chi connectivity index (χ3n) is 3.73. The number of thiocarbonyl (C=S) groups is 1. The summed E-state index contributed by atoms with van der Waals surface area (Å²) < 4.78 is 5.31. The molecule has 1 N–H and O–H groups in total. The summed E-state index contributed by atoms with van der Waals surface area (Å²) in [6.45, 7) is 0.0509. The van der Waals surface area contributed by atoms with Gasteiger partial charge in [0.2, 0.25) is 0 Å². The number of amides is 2. The number of rotatable bonds is 5. The molecule has 9 heteroatoms. The van der Waals surface area contributed by atoms with Crippen molar-refractivity contribution in [2.24, 2.45) is 0 Å². The van der Waals surface area contributed by atoms with Crippen LogP contribution in [0, 0.1) is 10.1 Å². The maximum Gasteiger partial charge on any atom is 0.271 e. The number of nitro groups is 1. The van der Waals surface area contributed by atoms with Gasteiger partial charge in [0.15, 0.2) is 0 Å². The van der Waals surface area contributed by atoms with Crippen molar-refractivity contribution in [1.29, 1.82) is 0 Å². The van der Waals surface area contributed by atoms with Gasteiger partial charge < -0.3 is 10.1 Å². The van der Waals surface area contributed by atoms with Gasteiger partial charge in [0.25, 0.3) is 22.7 Å². The molecule has 1 aliphatic heterocycles. The van der Waals surface area contributed by atoms with Gasteiger partial charge in [-0.05, 0) is 30.4 Å². The minimum atomic E-state index is -0.517. The van der Waals surface area contributed by atoms with E-state index in [2.05, 4.69) is 5.32 Å². The number of fused-ring (bicyclic) bond motifs is 1. The second kappa shape index (κ2) is 7.28. The van der Waals surface area contributed by atoms with Crippen LogP contribution in [0.1, 0.15) is 20.7 Å². The van der Waals surface area contributed by atoms with E-state index >= 15 is 0 Å². The van der Waals surface area contributed by atoms with E-state index in [0.29, 0.717) is 16.8 Å². The molecule has 0 unspecified atom stereocenters. The summed E-state index contributed by atoms with van der Waals surface area (Å²) in [7, 11) is 0. The molecular formula is C17H13N3O5S. The van der Waals surface area contributed by atoms with Crippen molar-refractivity contribution < 1.29 is 19.2 Å². The molecule has 0 fully saturated rings. The van der Waals surface area contributed by atoms with Gasteiger partial charge in [-0.1, -0.05) is 18.2 Å². The molecule has 2 aromatic rings. The maximum atomic E-state index is 12.2. The van der Waals surface area contributed by atoms with Crippen molar-refractivity contribution in [2.45, 2.75) is 0 Å². The lowest BCUT2D eigenvalue weighted by Gasteiger charge is -2.15. The smallest absolute Gasteiger partial charge is 0.271 e. The number of imide groups is 1.